The van der Waals surface area contributed by atoms with Crippen LogP contribution in [0.1, 0.15) is 37.4 Å². The van der Waals surface area contributed by atoms with Crippen LogP contribution in [0.4, 0.5) is 0 Å². The van der Waals surface area contributed by atoms with E-state index in [9.17, 15) is 5.11 Å². The summed E-state index contributed by atoms with van der Waals surface area (Å²) in [4.78, 5) is 0. The maximum atomic E-state index is 9.99. The van der Waals surface area contributed by atoms with Crippen molar-refractivity contribution >= 4 is 11.6 Å². The van der Waals surface area contributed by atoms with Crippen LogP contribution in [-0.2, 0) is 4.74 Å². The Balaban J connectivity index is 1.85. The summed E-state index contributed by atoms with van der Waals surface area (Å²) in [6.45, 7) is 0.873. The topological polar surface area (TPSA) is 29.5 Å². The smallest absolute Gasteiger partial charge is 0.0791 e. The van der Waals surface area contributed by atoms with Gasteiger partial charge in [0.05, 0.1) is 12.2 Å². The summed E-state index contributed by atoms with van der Waals surface area (Å²) in [5.41, 5.74) is 0.894. The zero-order valence-electron chi connectivity index (χ0n) is 9.23. The Hall–Kier alpha value is -0.570. The molecule has 16 heavy (non-hydrogen) atoms. The molecule has 0 radical (unpaired) electrons. The molecule has 0 amide bonds. The number of aliphatic hydroxyl groups is 1. The van der Waals surface area contributed by atoms with E-state index < -0.39 is 6.10 Å². The summed E-state index contributed by atoms with van der Waals surface area (Å²) in [6, 6.07) is 7.42. The van der Waals surface area contributed by atoms with Crippen LogP contribution in [-0.4, -0.2) is 17.8 Å². The molecule has 1 heterocycles. The lowest BCUT2D eigenvalue weighted by molar-refractivity contribution is 0.0812. The van der Waals surface area contributed by atoms with Gasteiger partial charge in [0.25, 0.3) is 0 Å². The third-order valence-electron chi connectivity index (χ3n) is 3.02. The molecule has 2 nitrogen and oxygen atoms in total. The molecule has 0 aromatic heterocycles. The van der Waals surface area contributed by atoms with E-state index in [4.69, 9.17) is 16.3 Å². The van der Waals surface area contributed by atoms with Gasteiger partial charge in [0.2, 0.25) is 0 Å². The molecule has 1 fully saturated rings. The normalized spacial score (nSPS) is 22.2. The first kappa shape index (κ1) is 11.9. The second-order valence-corrected chi connectivity index (χ2v) is 4.72. The number of aliphatic hydroxyl groups excluding tert-OH is 1. The van der Waals surface area contributed by atoms with Crippen molar-refractivity contribution in [3.63, 3.8) is 0 Å². The molecule has 1 aromatic rings. The lowest BCUT2D eigenvalue weighted by Gasteiger charge is -2.14. The van der Waals surface area contributed by atoms with Gasteiger partial charge in [-0.25, -0.2) is 0 Å². The fourth-order valence-corrected chi connectivity index (χ4v) is 2.30. The highest BCUT2D eigenvalue weighted by Crippen LogP contribution is 2.25. The van der Waals surface area contributed by atoms with Gasteiger partial charge in [-0.2, -0.15) is 0 Å². The number of ether oxygens (including phenoxy) is 1. The monoisotopic (exact) mass is 240 g/mol. The van der Waals surface area contributed by atoms with Crippen LogP contribution in [0.2, 0.25) is 5.02 Å². The van der Waals surface area contributed by atoms with Crippen molar-refractivity contribution in [2.75, 3.05) is 6.61 Å². The van der Waals surface area contributed by atoms with Gasteiger partial charge in [-0.3, -0.25) is 0 Å². The minimum atomic E-state index is -0.428. The van der Waals surface area contributed by atoms with E-state index in [0.29, 0.717) is 11.1 Å². The fourth-order valence-electron chi connectivity index (χ4n) is 2.10. The van der Waals surface area contributed by atoms with Crippen molar-refractivity contribution in [2.45, 2.75) is 37.9 Å². The van der Waals surface area contributed by atoms with E-state index in [1.807, 2.05) is 24.3 Å². The van der Waals surface area contributed by atoms with Crippen molar-refractivity contribution in [1.29, 1.82) is 0 Å². The average Bonchev–Trinajstić information content (AvgIpc) is 2.78. The molecule has 3 heteroatoms. The highest BCUT2D eigenvalue weighted by Gasteiger charge is 2.17. The molecule has 1 aromatic carbocycles. The second kappa shape index (κ2) is 5.67. The molecule has 1 aliphatic heterocycles. The molecule has 2 rings (SSSR count). The number of benzene rings is 1. The molecule has 1 aliphatic rings. The van der Waals surface area contributed by atoms with Crippen molar-refractivity contribution in [3.05, 3.63) is 34.9 Å². The van der Waals surface area contributed by atoms with Crippen molar-refractivity contribution in [3.8, 4) is 0 Å². The molecule has 1 N–H and O–H groups in total. The first-order valence-corrected chi connectivity index (χ1v) is 6.18. The van der Waals surface area contributed by atoms with Crippen LogP contribution in [0.3, 0.4) is 0 Å². The molecule has 2 unspecified atom stereocenters. The van der Waals surface area contributed by atoms with Crippen molar-refractivity contribution in [2.24, 2.45) is 0 Å². The van der Waals surface area contributed by atoms with Crippen molar-refractivity contribution < 1.29 is 9.84 Å². The van der Waals surface area contributed by atoms with E-state index in [1.54, 1.807) is 0 Å². The Labute approximate surface area is 101 Å². The SMILES string of the molecule is OC(CCC1CCCO1)c1cccc(Cl)c1. The highest BCUT2D eigenvalue weighted by atomic mass is 35.5. The summed E-state index contributed by atoms with van der Waals surface area (Å²) in [7, 11) is 0. The zero-order chi connectivity index (χ0) is 11.4. The summed E-state index contributed by atoms with van der Waals surface area (Å²) in [6.07, 6.45) is 3.86. The second-order valence-electron chi connectivity index (χ2n) is 4.28. The van der Waals surface area contributed by atoms with Gasteiger partial charge in [-0.15, -0.1) is 0 Å². The third-order valence-corrected chi connectivity index (χ3v) is 3.25. The molecule has 1 saturated heterocycles. The minimum absolute atomic E-state index is 0.342. The van der Waals surface area contributed by atoms with E-state index in [1.165, 1.54) is 0 Å². The quantitative estimate of drug-likeness (QED) is 0.875. The Kier molecular flexibility index (Phi) is 4.22. The standard InChI is InChI=1S/C13H17ClO2/c14-11-4-1-3-10(9-11)13(15)7-6-12-5-2-8-16-12/h1,3-4,9,12-13,15H,2,5-8H2. The fraction of sp³-hybridized carbons (Fsp3) is 0.538. The van der Waals surface area contributed by atoms with Crippen LogP contribution >= 0.6 is 11.6 Å². The number of halogens is 1. The van der Waals surface area contributed by atoms with Crippen molar-refractivity contribution in [1.82, 2.24) is 0 Å². The third kappa shape index (κ3) is 3.21. The molecule has 0 aliphatic carbocycles. The summed E-state index contributed by atoms with van der Waals surface area (Å²) in [5, 5.41) is 10.7. The maximum absolute atomic E-state index is 9.99. The molecular weight excluding hydrogens is 224 g/mol. The molecule has 0 spiro atoms. The predicted octanol–water partition coefficient (Wildman–Crippen LogP) is 3.33. The van der Waals surface area contributed by atoms with Gasteiger partial charge < -0.3 is 9.84 Å². The Morgan fingerprint density at radius 3 is 3.06 bits per heavy atom. The zero-order valence-corrected chi connectivity index (χ0v) is 9.99. The van der Waals surface area contributed by atoms with Crippen LogP contribution < -0.4 is 0 Å². The van der Waals surface area contributed by atoms with Crippen LogP contribution in [0.5, 0.6) is 0 Å². The first-order chi connectivity index (χ1) is 7.75. The average molecular weight is 241 g/mol. The molecule has 88 valence electrons. The van der Waals surface area contributed by atoms with E-state index in [0.717, 1.165) is 37.9 Å². The van der Waals surface area contributed by atoms with Gasteiger partial charge >= 0.3 is 0 Å². The molecular formula is C13H17ClO2. The molecule has 0 saturated carbocycles. The number of hydrogen-bond donors (Lipinski definition) is 1. The molecule has 0 bridgehead atoms. The Morgan fingerprint density at radius 2 is 2.38 bits per heavy atom. The van der Waals surface area contributed by atoms with E-state index in [2.05, 4.69) is 0 Å². The largest absolute Gasteiger partial charge is 0.388 e. The van der Waals surface area contributed by atoms with Gasteiger partial charge in [-0.1, -0.05) is 23.7 Å². The lowest BCUT2D eigenvalue weighted by Crippen LogP contribution is -2.07. The van der Waals surface area contributed by atoms with Crippen LogP contribution in [0.25, 0.3) is 0 Å². The summed E-state index contributed by atoms with van der Waals surface area (Å²) in [5.74, 6) is 0. The summed E-state index contributed by atoms with van der Waals surface area (Å²) >= 11 is 5.88. The maximum Gasteiger partial charge on any atom is 0.0791 e. The summed E-state index contributed by atoms with van der Waals surface area (Å²) < 4.78 is 5.53. The van der Waals surface area contributed by atoms with Crippen LogP contribution in [0.15, 0.2) is 24.3 Å². The van der Waals surface area contributed by atoms with Gasteiger partial charge in [0.1, 0.15) is 0 Å². The minimum Gasteiger partial charge on any atom is -0.388 e. The van der Waals surface area contributed by atoms with E-state index in [-0.39, 0.29) is 0 Å². The van der Waals surface area contributed by atoms with Crippen LogP contribution in [0, 0.1) is 0 Å². The Morgan fingerprint density at radius 1 is 1.50 bits per heavy atom. The van der Waals surface area contributed by atoms with Gasteiger partial charge in [-0.05, 0) is 43.4 Å². The first-order valence-electron chi connectivity index (χ1n) is 5.81. The highest BCUT2D eigenvalue weighted by molar-refractivity contribution is 6.30. The predicted molar refractivity (Wildman–Crippen MR) is 64.6 cm³/mol. The van der Waals surface area contributed by atoms with Gasteiger partial charge in [0.15, 0.2) is 0 Å². The number of hydrogen-bond acceptors (Lipinski definition) is 2. The Bertz CT molecular complexity index is 334. The van der Waals surface area contributed by atoms with Gasteiger partial charge in [0, 0.05) is 11.6 Å². The lowest BCUT2D eigenvalue weighted by atomic mass is 10.0. The van der Waals surface area contributed by atoms with E-state index >= 15 is 0 Å². The number of rotatable bonds is 4. The molecule has 2 atom stereocenters.